The molecule has 0 aliphatic carbocycles. The molecule has 15 heavy (non-hydrogen) atoms. The highest BCUT2D eigenvalue weighted by atomic mass is 16.2. The van der Waals surface area contributed by atoms with Gasteiger partial charge in [0, 0.05) is 18.0 Å². The van der Waals surface area contributed by atoms with Crippen molar-refractivity contribution >= 4 is 11.7 Å². The Kier molecular flexibility index (Phi) is 2.24. The number of aromatic amines is 1. The van der Waals surface area contributed by atoms with Gasteiger partial charge in [-0.15, -0.1) is 0 Å². The molecule has 0 aliphatic heterocycles. The van der Waals surface area contributed by atoms with E-state index in [0.29, 0.717) is 5.82 Å². The molecule has 0 atom stereocenters. The van der Waals surface area contributed by atoms with Crippen LogP contribution in [0.15, 0.2) is 18.3 Å². The standard InChI is InChI=1S/C9H11N5O/c1-6-4-8(10)14(13-6)9(15)5-7-2-3-11-12-7/h2-4H,5,10H2,1H3,(H,11,12). The third-order valence-electron chi connectivity index (χ3n) is 2.00. The number of nitrogens with two attached hydrogens (primary N) is 1. The summed E-state index contributed by atoms with van der Waals surface area (Å²) >= 11 is 0. The molecule has 0 spiro atoms. The summed E-state index contributed by atoms with van der Waals surface area (Å²) in [4.78, 5) is 11.7. The Hall–Kier alpha value is -2.11. The van der Waals surface area contributed by atoms with E-state index in [2.05, 4.69) is 15.3 Å². The summed E-state index contributed by atoms with van der Waals surface area (Å²) in [5.74, 6) is 0.182. The number of hydrogen-bond donors (Lipinski definition) is 2. The monoisotopic (exact) mass is 205 g/mol. The van der Waals surface area contributed by atoms with E-state index in [0.717, 1.165) is 11.4 Å². The topological polar surface area (TPSA) is 89.6 Å². The Labute approximate surface area is 86.1 Å². The summed E-state index contributed by atoms with van der Waals surface area (Å²) in [7, 11) is 0. The van der Waals surface area contributed by atoms with Crippen molar-refractivity contribution in [1.29, 1.82) is 0 Å². The molecule has 2 rings (SSSR count). The van der Waals surface area contributed by atoms with Crippen LogP contribution in [-0.2, 0) is 6.42 Å². The zero-order valence-corrected chi connectivity index (χ0v) is 8.27. The molecule has 3 N–H and O–H groups in total. The fraction of sp³-hybridized carbons (Fsp3) is 0.222. The number of hydrogen-bond acceptors (Lipinski definition) is 4. The quantitative estimate of drug-likeness (QED) is 0.741. The molecule has 0 aliphatic rings. The van der Waals surface area contributed by atoms with Crippen molar-refractivity contribution in [2.75, 3.05) is 5.73 Å². The van der Waals surface area contributed by atoms with Gasteiger partial charge in [-0.05, 0) is 13.0 Å². The lowest BCUT2D eigenvalue weighted by Crippen LogP contribution is -2.17. The summed E-state index contributed by atoms with van der Waals surface area (Å²) in [6.45, 7) is 1.79. The molecule has 0 amide bonds. The average molecular weight is 205 g/mol. The molecule has 6 nitrogen and oxygen atoms in total. The molecule has 0 unspecified atom stereocenters. The number of H-pyrrole nitrogens is 1. The highest BCUT2D eigenvalue weighted by Gasteiger charge is 2.11. The van der Waals surface area contributed by atoms with Crippen molar-refractivity contribution in [3.05, 3.63) is 29.7 Å². The highest BCUT2D eigenvalue weighted by Crippen LogP contribution is 2.06. The predicted octanol–water partition coefficient (Wildman–Crippen LogP) is 0.380. The van der Waals surface area contributed by atoms with Crippen LogP contribution in [0.3, 0.4) is 0 Å². The molecular weight excluding hydrogens is 194 g/mol. The maximum atomic E-state index is 11.7. The SMILES string of the molecule is Cc1cc(N)n(C(=O)Cc2ccn[nH]2)n1. The van der Waals surface area contributed by atoms with Gasteiger partial charge in [0.2, 0.25) is 0 Å². The smallest absolute Gasteiger partial charge is 0.254 e. The minimum absolute atomic E-state index is 0.176. The van der Waals surface area contributed by atoms with Crippen molar-refractivity contribution in [2.24, 2.45) is 0 Å². The van der Waals surface area contributed by atoms with Gasteiger partial charge in [-0.2, -0.15) is 14.9 Å². The molecule has 2 heterocycles. The minimum Gasteiger partial charge on any atom is -0.383 e. The normalized spacial score (nSPS) is 10.5. The van der Waals surface area contributed by atoms with Crippen LogP contribution in [0.2, 0.25) is 0 Å². The second-order valence-electron chi connectivity index (χ2n) is 3.27. The summed E-state index contributed by atoms with van der Waals surface area (Å²) < 4.78 is 1.20. The molecule has 6 heteroatoms. The first-order valence-electron chi connectivity index (χ1n) is 4.50. The lowest BCUT2D eigenvalue weighted by atomic mass is 10.3. The number of carbonyl (C=O) groups excluding carboxylic acids is 1. The van der Waals surface area contributed by atoms with Gasteiger partial charge < -0.3 is 5.73 Å². The molecule has 0 radical (unpaired) electrons. The largest absolute Gasteiger partial charge is 0.383 e. The van der Waals surface area contributed by atoms with Crippen LogP contribution in [0.5, 0.6) is 0 Å². The fourth-order valence-electron chi connectivity index (χ4n) is 1.34. The first-order chi connectivity index (χ1) is 7.16. The van der Waals surface area contributed by atoms with E-state index >= 15 is 0 Å². The van der Waals surface area contributed by atoms with Crippen molar-refractivity contribution < 1.29 is 4.79 Å². The van der Waals surface area contributed by atoms with Gasteiger partial charge in [-0.1, -0.05) is 0 Å². The molecule has 0 bridgehead atoms. The van der Waals surface area contributed by atoms with Gasteiger partial charge in [0.05, 0.1) is 12.1 Å². The number of rotatable bonds is 2. The van der Waals surface area contributed by atoms with Crippen LogP contribution in [-0.4, -0.2) is 25.9 Å². The molecule has 0 aromatic carbocycles. The van der Waals surface area contributed by atoms with Crippen molar-refractivity contribution in [1.82, 2.24) is 20.0 Å². The van der Waals surface area contributed by atoms with Gasteiger partial charge >= 0.3 is 0 Å². The lowest BCUT2D eigenvalue weighted by Gasteiger charge is -2.00. The average Bonchev–Trinajstić information content (AvgIpc) is 2.75. The zero-order chi connectivity index (χ0) is 10.8. The fourth-order valence-corrected chi connectivity index (χ4v) is 1.34. The van der Waals surface area contributed by atoms with Gasteiger partial charge in [0.1, 0.15) is 5.82 Å². The van der Waals surface area contributed by atoms with E-state index < -0.39 is 0 Å². The number of aryl methyl sites for hydroxylation is 1. The van der Waals surface area contributed by atoms with Gasteiger partial charge in [-0.3, -0.25) is 9.89 Å². The lowest BCUT2D eigenvalue weighted by molar-refractivity contribution is 0.0900. The van der Waals surface area contributed by atoms with E-state index in [-0.39, 0.29) is 12.3 Å². The number of nitrogens with one attached hydrogen (secondary N) is 1. The second-order valence-corrected chi connectivity index (χ2v) is 3.27. The Balaban J connectivity index is 2.18. The summed E-state index contributed by atoms with van der Waals surface area (Å²) in [5.41, 5.74) is 7.10. The first-order valence-corrected chi connectivity index (χ1v) is 4.50. The van der Waals surface area contributed by atoms with Crippen LogP contribution in [0.1, 0.15) is 16.2 Å². The van der Waals surface area contributed by atoms with E-state index in [9.17, 15) is 4.79 Å². The highest BCUT2D eigenvalue weighted by molar-refractivity contribution is 5.82. The first kappa shape index (κ1) is 9.45. The minimum atomic E-state index is -0.176. The van der Waals surface area contributed by atoms with E-state index in [1.807, 2.05) is 0 Å². The van der Waals surface area contributed by atoms with E-state index in [4.69, 9.17) is 5.73 Å². The number of nitrogens with zero attached hydrogens (tertiary/aromatic N) is 3. The molecule has 2 aromatic rings. The Bertz CT molecular complexity index is 471. The molecule has 78 valence electrons. The van der Waals surface area contributed by atoms with Crippen molar-refractivity contribution in [3.8, 4) is 0 Å². The molecule has 0 saturated heterocycles. The van der Waals surface area contributed by atoms with Crippen LogP contribution in [0.4, 0.5) is 5.82 Å². The molecular formula is C9H11N5O. The van der Waals surface area contributed by atoms with Crippen LogP contribution in [0, 0.1) is 6.92 Å². The van der Waals surface area contributed by atoms with Crippen molar-refractivity contribution in [3.63, 3.8) is 0 Å². The maximum absolute atomic E-state index is 11.7. The summed E-state index contributed by atoms with van der Waals surface area (Å²) in [6, 6.07) is 3.40. The van der Waals surface area contributed by atoms with Crippen LogP contribution < -0.4 is 5.73 Å². The van der Waals surface area contributed by atoms with E-state index in [1.165, 1.54) is 4.68 Å². The Morgan fingerprint density at radius 3 is 3.00 bits per heavy atom. The van der Waals surface area contributed by atoms with Gasteiger partial charge in [0.15, 0.2) is 0 Å². The maximum Gasteiger partial charge on any atom is 0.254 e. The molecule has 2 aromatic heterocycles. The van der Waals surface area contributed by atoms with Gasteiger partial charge in [0.25, 0.3) is 5.91 Å². The number of nitrogen functional groups attached to an aromatic ring is 1. The number of anilines is 1. The number of aromatic nitrogens is 4. The summed E-state index contributed by atoms with van der Waals surface area (Å²) in [6.07, 6.45) is 1.81. The summed E-state index contributed by atoms with van der Waals surface area (Å²) in [5, 5.41) is 10.5. The Morgan fingerprint density at radius 1 is 1.67 bits per heavy atom. The third kappa shape index (κ3) is 1.88. The second kappa shape index (κ2) is 3.56. The van der Waals surface area contributed by atoms with Crippen LogP contribution in [0.25, 0.3) is 0 Å². The molecule has 0 fully saturated rings. The zero-order valence-electron chi connectivity index (χ0n) is 8.27. The predicted molar refractivity (Wildman–Crippen MR) is 54.3 cm³/mol. The Morgan fingerprint density at radius 2 is 2.47 bits per heavy atom. The van der Waals surface area contributed by atoms with E-state index in [1.54, 1.807) is 25.3 Å². The molecule has 0 saturated carbocycles. The van der Waals surface area contributed by atoms with Crippen molar-refractivity contribution in [2.45, 2.75) is 13.3 Å². The van der Waals surface area contributed by atoms with Crippen LogP contribution >= 0.6 is 0 Å². The number of carbonyl (C=O) groups is 1. The third-order valence-corrected chi connectivity index (χ3v) is 2.00. The van der Waals surface area contributed by atoms with Gasteiger partial charge in [-0.25, -0.2) is 0 Å².